The number of ketones is 1. The van der Waals surface area contributed by atoms with Crippen molar-refractivity contribution in [1.82, 2.24) is 0 Å². The van der Waals surface area contributed by atoms with Gasteiger partial charge in [0.2, 0.25) is 0 Å². The van der Waals surface area contributed by atoms with Gasteiger partial charge in [-0.2, -0.15) is 0 Å². The van der Waals surface area contributed by atoms with Crippen LogP contribution in [0.2, 0.25) is 0 Å². The summed E-state index contributed by atoms with van der Waals surface area (Å²) in [4.78, 5) is 22.5. The summed E-state index contributed by atoms with van der Waals surface area (Å²) in [5, 5.41) is 8.71. The van der Waals surface area contributed by atoms with Crippen molar-refractivity contribution in [2.75, 3.05) is 26.4 Å². The summed E-state index contributed by atoms with van der Waals surface area (Å²) in [6.07, 6.45) is 11.3. The minimum Gasteiger partial charge on any atom is -0.481 e. The molecule has 0 aromatic rings. The fourth-order valence-corrected chi connectivity index (χ4v) is 4.16. The Labute approximate surface area is 162 Å². The van der Waals surface area contributed by atoms with E-state index in [4.69, 9.17) is 19.3 Å². The van der Waals surface area contributed by atoms with Crippen molar-refractivity contribution in [3.8, 4) is 0 Å². The van der Waals surface area contributed by atoms with Crippen LogP contribution in [0.25, 0.3) is 0 Å². The third kappa shape index (κ3) is 7.01. The lowest BCUT2D eigenvalue weighted by atomic mass is 9.87. The average Bonchev–Trinajstić information content (AvgIpc) is 3.24. The first-order chi connectivity index (χ1) is 13.1. The van der Waals surface area contributed by atoms with Crippen LogP contribution in [0.4, 0.5) is 0 Å². The quantitative estimate of drug-likeness (QED) is 0.386. The van der Waals surface area contributed by atoms with Gasteiger partial charge >= 0.3 is 5.97 Å². The molecule has 27 heavy (non-hydrogen) atoms. The molecule has 1 aliphatic carbocycles. The number of carbonyl (C=O) groups excluding carboxylic acids is 1. The first-order valence-electron chi connectivity index (χ1n) is 10.4. The summed E-state index contributed by atoms with van der Waals surface area (Å²) < 4.78 is 17.3. The van der Waals surface area contributed by atoms with Gasteiger partial charge in [-0.05, 0) is 37.7 Å². The van der Waals surface area contributed by atoms with Crippen LogP contribution in [-0.2, 0) is 23.8 Å². The standard InChI is InChI=1S/C21H34O6/c1-2-13-25-16-18(22)10-9-17-11-12-21(26-14-15-27-21)19(17)7-5-3-4-6-8-20(23)24/h9-10,17,19H,2-8,11-16H2,1H3,(H,23,24). The molecule has 0 aromatic carbocycles. The van der Waals surface area contributed by atoms with Gasteiger partial charge in [-0.25, -0.2) is 0 Å². The van der Waals surface area contributed by atoms with Crippen molar-refractivity contribution >= 4 is 11.8 Å². The highest BCUT2D eigenvalue weighted by Gasteiger charge is 2.51. The van der Waals surface area contributed by atoms with Crippen LogP contribution in [0.1, 0.15) is 64.7 Å². The molecule has 2 rings (SSSR count). The van der Waals surface area contributed by atoms with Crippen LogP contribution in [0.15, 0.2) is 12.2 Å². The van der Waals surface area contributed by atoms with Crippen molar-refractivity contribution in [2.45, 2.75) is 70.5 Å². The summed E-state index contributed by atoms with van der Waals surface area (Å²) >= 11 is 0. The molecule has 6 nitrogen and oxygen atoms in total. The molecule has 0 amide bonds. The van der Waals surface area contributed by atoms with Gasteiger partial charge in [0, 0.05) is 25.4 Å². The number of aliphatic carboxylic acids is 1. The number of allylic oxidation sites excluding steroid dienone is 1. The normalized spacial score (nSPS) is 24.2. The van der Waals surface area contributed by atoms with E-state index in [9.17, 15) is 9.59 Å². The van der Waals surface area contributed by atoms with Crippen molar-refractivity contribution < 1.29 is 28.9 Å². The van der Waals surface area contributed by atoms with Gasteiger partial charge in [-0.3, -0.25) is 9.59 Å². The Hall–Kier alpha value is -1.24. The zero-order valence-electron chi connectivity index (χ0n) is 16.5. The second-order valence-corrected chi connectivity index (χ2v) is 7.54. The van der Waals surface area contributed by atoms with E-state index in [2.05, 4.69) is 0 Å². The highest BCUT2D eigenvalue weighted by Crippen LogP contribution is 2.48. The molecule has 2 aliphatic rings. The Balaban J connectivity index is 1.83. The Kier molecular flexibility index (Phi) is 9.45. The van der Waals surface area contributed by atoms with Crippen LogP contribution in [0.3, 0.4) is 0 Å². The Bertz CT molecular complexity index is 495. The van der Waals surface area contributed by atoms with E-state index >= 15 is 0 Å². The summed E-state index contributed by atoms with van der Waals surface area (Å²) in [5.41, 5.74) is 0. The Morgan fingerprint density at radius 1 is 1.19 bits per heavy atom. The molecule has 1 heterocycles. The summed E-state index contributed by atoms with van der Waals surface area (Å²) in [6, 6.07) is 0. The van der Waals surface area contributed by atoms with Gasteiger partial charge in [-0.15, -0.1) is 0 Å². The van der Waals surface area contributed by atoms with Crippen molar-refractivity contribution in [2.24, 2.45) is 11.8 Å². The molecular weight excluding hydrogens is 348 g/mol. The fourth-order valence-electron chi connectivity index (χ4n) is 4.16. The zero-order chi connectivity index (χ0) is 19.5. The highest BCUT2D eigenvalue weighted by molar-refractivity contribution is 5.90. The SMILES string of the molecule is CCCOCC(=O)C=CC1CCC2(OCCO2)C1CCCCCCC(=O)O. The van der Waals surface area contributed by atoms with E-state index in [1.54, 1.807) is 6.08 Å². The number of carbonyl (C=O) groups is 2. The van der Waals surface area contributed by atoms with Gasteiger partial charge in [0.1, 0.15) is 6.61 Å². The minimum absolute atomic E-state index is 0.00470. The van der Waals surface area contributed by atoms with Crippen LogP contribution >= 0.6 is 0 Å². The van der Waals surface area contributed by atoms with Crippen LogP contribution in [0, 0.1) is 11.8 Å². The molecule has 6 heteroatoms. The Morgan fingerprint density at radius 2 is 1.93 bits per heavy atom. The average molecular weight is 382 g/mol. The maximum atomic E-state index is 12.0. The Morgan fingerprint density at radius 3 is 2.63 bits per heavy atom. The van der Waals surface area contributed by atoms with E-state index in [1.165, 1.54) is 0 Å². The first-order valence-corrected chi connectivity index (χ1v) is 10.4. The summed E-state index contributed by atoms with van der Waals surface area (Å²) in [6.45, 7) is 4.04. The third-order valence-corrected chi connectivity index (χ3v) is 5.46. The molecule has 2 atom stereocenters. The van der Waals surface area contributed by atoms with Crippen molar-refractivity contribution in [1.29, 1.82) is 0 Å². The number of hydrogen-bond donors (Lipinski definition) is 1. The molecule has 0 aromatic heterocycles. The lowest BCUT2D eigenvalue weighted by molar-refractivity contribution is -0.186. The molecule has 1 N–H and O–H groups in total. The maximum absolute atomic E-state index is 12.0. The smallest absolute Gasteiger partial charge is 0.303 e. The predicted octanol–water partition coefficient (Wildman–Crippen LogP) is 3.73. The van der Waals surface area contributed by atoms with Gasteiger partial charge < -0.3 is 19.3 Å². The van der Waals surface area contributed by atoms with Crippen LogP contribution in [0.5, 0.6) is 0 Å². The topological polar surface area (TPSA) is 82.1 Å². The molecule has 2 unspecified atom stereocenters. The van der Waals surface area contributed by atoms with E-state index in [-0.39, 0.29) is 30.6 Å². The molecule has 154 valence electrons. The third-order valence-electron chi connectivity index (χ3n) is 5.46. The zero-order valence-corrected chi connectivity index (χ0v) is 16.5. The molecule has 1 saturated carbocycles. The van der Waals surface area contributed by atoms with Crippen LogP contribution in [-0.4, -0.2) is 49.1 Å². The minimum atomic E-state index is -0.727. The number of carboxylic acid groups (broad SMARTS) is 1. The number of rotatable bonds is 13. The van der Waals surface area contributed by atoms with Gasteiger partial charge in [0.25, 0.3) is 0 Å². The number of ether oxygens (including phenoxy) is 3. The van der Waals surface area contributed by atoms with Gasteiger partial charge in [-0.1, -0.05) is 32.3 Å². The van der Waals surface area contributed by atoms with E-state index < -0.39 is 11.8 Å². The molecule has 0 radical (unpaired) electrons. The molecular formula is C21H34O6. The van der Waals surface area contributed by atoms with Crippen LogP contribution < -0.4 is 0 Å². The molecule has 2 fully saturated rings. The second kappa shape index (κ2) is 11.6. The van der Waals surface area contributed by atoms with Gasteiger partial charge in [0.15, 0.2) is 11.6 Å². The number of unbranched alkanes of at least 4 members (excludes halogenated alkanes) is 3. The van der Waals surface area contributed by atoms with Crippen molar-refractivity contribution in [3.05, 3.63) is 12.2 Å². The molecule has 1 saturated heterocycles. The lowest BCUT2D eigenvalue weighted by Crippen LogP contribution is -2.36. The maximum Gasteiger partial charge on any atom is 0.303 e. The number of carboxylic acids is 1. The fraction of sp³-hybridized carbons (Fsp3) is 0.810. The van der Waals surface area contributed by atoms with E-state index in [0.717, 1.165) is 51.4 Å². The first kappa shape index (κ1) is 22.1. The molecule has 0 bridgehead atoms. The predicted molar refractivity (Wildman–Crippen MR) is 101 cm³/mol. The largest absolute Gasteiger partial charge is 0.481 e. The molecule has 1 aliphatic heterocycles. The van der Waals surface area contributed by atoms with E-state index in [1.807, 2.05) is 13.0 Å². The number of hydrogen-bond acceptors (Lipinski definition) is 5. The monoisotopic (exact) mass is 382 g/mol. The molecule has 1 spiro atoms. The second-order valence-electron chi connectivity index (χ2n) is 7.54. The summed E-state index contributed by atoms with van der Waals surface area (Å²) in [7, 11) is 0. The van der Waals surface area contributed by atoms with Gasteiger partial charge in [0.05, 0.1) is 13.2 Å². The van der Waals surface area contributed by atoms with E-state index in [0.29, 0.717) is 19.8 Å². The van der Waals surface area contributed by atoms with Crippen molar-refractivity contribution in [3.63, 3.8) is 0 Å². The summed E-state index contributed by atoms with van der Waals surface area (Å²) in [5.74, 6) is -0.685. The lowest BCUT2D eigenvalue weighted by Gasteiger charge is -2.31. The highest BCUT2D eigenvalue weighted by atomic mass is 16.7.